The fourth-order valence-electron chi connectivity index (χ4n) is 2.72. The summed E-state index contributed by atoms with van der Waals surface area (Å²) in [5, 5.41) is 6.82. The van der Waals surface area contributed by atoms with Crippen molar-refractivity contribution in [3.63, 3.8) is 0 Å². The fourth-order valence-corrected chi connectivity index (χ4v) is 2.72. The van der Waals surface area contributed by atoms with E-state index in [-0.39, 0.29) is 30.0 Å². The number of rotatable bonds is 5. The molecular formula is C20H24IN5. The molecule has 0 saturated heterocycles. The maximum atomic E-state index is 4.34. The van der Waals surface area contributed by atoms with Gasteiger partial charge >= 0.3 is 0 Å². The SMILES string of the molecule is CN=C(NCc1ccccc1-n1ccnc1)NC(C)c1ccccc1.I. The lowest BCUT2D eigenvalue weighted by atomic mass is 10.1. The Labute approximate surface area is 171 Å². The molecule has 1 aromatic heterocycles. The number of aliphatic imine (C=N–C) groups is 1. The molecule has 26 heavy (non-hydrogen) atoms. The smallest absolute Gasteiger partial charge is 0.191 e. The van der Waals surface area contributed by atoms with Gasteiger partial charge in [0.15, 0.2) is 5.96 Å². The molecule has 0 amide bonds. The molecule has 0 fully saturated rings. The molecule has 3 rings (SSSR count). The van der Waals surface area contributed by atoms with Crippen LogP contribution in [0.1, 0.15) is 24.1 Å². The Balaban J connectivity index is 0.00000243. The van der Waals surface area contributed by atoms with Gasteiger partial charge in [0.1, 0.15) is 0 Å². The second-order valence-electron chi connectivity index (χ2n) is 5.80. The molecule has 1 atom stereocenters. The van der Waals surface area contributed by atoms with Gasteiger partial charge in [-0.1, -0.05) is 48.5 Å². The maximum Gasteiger partial charge on any atom is 0.191 e. The molecule has 0 radical (unpaired) electrons. The number of nitrogens with zero attached hydrogens (tertiary/aromatic N) is 3. The van der Waals surface area contributed by atoms with Crippen molar-refractivity contribution >= 4 is 29.9 Å². The van der Waals surface area contributed by atoms with E-state index in [2.05, 4.69) is 51.8 Å². The fraction of sp³-hybridized carbons (Fsp3) is 0.200. The first-order chi connectivity index (χ1) is 12.3. The van der Waals surface area contributed by atoms with Crippen LogP contribution in [0.5, 0.6) is 0 Å². The van der Waals surface area contributed by atoms with Crippen LogP contribution >= 0.6 is 24.0 Å². The summed E-state index contributed by atoms with van der Waals surface area (Å²) >= 11 is 0. The lowest BCUT2D eigenvalue weighted by Crippen LogP contribution is -2.38. The number of para-hydroxylation sites is 1. The molecule has 2 aromatic carbocycles. The van der Waals surface area contributed by atoms with E-state index in [1.165, 1.54) is 11.1 Å². The molecule has 2 N–H and O–H groups in total. The molecule has 0 aliphatic rings. The molecule has 0 aliphatic carbocycles. The molecular weight excluding hydrogens is 437 g/mol. The van der Waals surface area contributed by atoms with E-state index in [1.54, 1.807) is 13.2 Å². The largest absolute Gasteiger partial charge is 0.352 e. The van der Waals surface area contributed by atoms with Gasteiger partial charge in [0.25, 0.3) is 0 Å². The van der Waals surface area contributed by atoms with Crippen molar-refractivity contribution in [2.75, 3.05) is 7.05 Å². The van der Waals surface area contributed by atoms with Gasteiger partial charge in [-0.2, -0.15) is 0 Å². The minimum atomic E-state index is 0. The average molecular weight is 461 g/mol. The maximum absolute atomic E-state index is 4.34. The van der Waals surface area contributed by atoms with Crippen molar-refractivity contribution in [2.45, 2.75) is 19.5 Å². The molecule has 0 saturated carbocycles. The number of halogens is 1. The van der Waals surface area contributed by atoms with E-state index >= 15 is 0 Å². The van der Waals surface area contributed by atoms with Gasteiger partial charge in [0.05, 0.1) is 18.1 Å². The molecule has 5 nitrogen and oxygen atoms in total. The standard InChI is InChI=1S/C20H23N5.HI/c1-16(17-8-4-3-5-9-17)24-20(21-2)23-14-18-10-6-7-11-19(18)25-13-12-22-15-25;/h3-13,15-16H,14H2,1-2H3,(H2,21,23,24);1H. The Morgan fingerprint density at radius 1 is 1.12 bits per heavy atom. The van der Waals surface area contributed by atoms with Crippen molar-refractivity contribution in [3.8, 4) is 5.69 Å². The molecule has 1 unspecified atom stereocenters. The summed E-state index contributed by atoms with van der Waals surface area (Å²) in [6.45, 7) is 2.80. The number of hydrogen-bond acceptors (Lipinski definition) is 2. The van der Waals surface area contributed by atoms with Crippen LogP contribution in [-0.4, -0.2) is 22.6 Å². The van der Waals surface area contributed by atoms with Crippen LogP contribution in [0.3, 0.4) is 0 Å². The lowest BCUT2D eigenvalue weighted by Gasteiger charge is -2.19. The van der Waals surface area contributed by atoms with Crippen molar-refractivity contribution < 1.29 is 0 Å². The monoisotopic (exact) mass is 461 g/mol. The highest BCUT2D eigenvalue weighted by molar-refractivity contribution is 14.0. The first-order valence-corrected chi connectivity index (χ1v) is 8.36. The lowest BCUT2D eigenvalue weighted by molar-refractivity contribution is 0.685. The summed E-state index contributed by atoms with van der Waals surface area (Å²) in [5.41, 5.74) is 3.51. The number of aromatic nitrogens is 2. The quantitative estimate of drug-likeness (QED) is 0.344. The summed E-state index contributed by atoms with van der Waals surface area (Å²) in [7, 11) is 1.79. The molecule has 1 heterocycles. The van der Waals surface area contributed by atoms with Gasteiger partial charge in [-0.25, -0.2) is 4.98 Å². The van der Waals surface area contributed by atoms with E-state index in [0.29, 0.717) is 6.54 Å². The summed E-state index contributed by atoms with van der Waals surface area (Å²) in [6.07, 6.45) is 5.54. The zero-order valence-corrected chi connectivity index (χ0v) is 17.3. The van der Waals surface area contributed by atoms with Crippen LogP contribution in [-0.2, 0) is 6.54 Å². The summed E-state index contributed by atoms with van der Waals surface area (Å²) in [6, 6.07) is 18.8. The van der Waals surface area contributed by atoms with Crippen LogP contribution in [0.2, 0.25) is 0 Å². The van der Waals surface area contributed by atoms with Gasteiger partial charge in [-0.15, -0.1) is 24.0 Å². The highest BCUT2D eigenvalue weighted by Crippen LogP contribution is 2.14. The third-order valence-corrected chi connectivity index (χ3v) is 4.10. The average Bonchev–Trinajstić information content (AvgIpc) is 3.20. The first-order valence-electron chi connectivity index (χ1n) is 8.36. The Morgan fingerprint density at radius 3 is 2.54 bits per heavy atom. The minimum Gasteiger partial charge on any atom is -0.352 e. The van der Waals surface area contributed by atoms with Crippen LogP contribution in [0.25, 0.3) is 5.69 Å². The number of hydrogen-bond donors (Lipinski definition) is 2. The predicted octanol–water partition coefficient (Wildman–Crippen LogP) is 3.92. The van der Waals surface area contributed by atoms with Crippen LogP contribution < -0.4 is 10.6 Å². The Kier molecular flexibility index (Phi) is 7.65. The topological polar surface area (TPSA) is 54.2 Å². The highest BCUT2D eigenvalue weighted by Gasteiger charge is 2.08. The predicted molar refractivity (Wildman–Crippen MR) is 117 cm³/mol. The van der Waals surface area contributed by atoms with E-state index in [4.69, 9.17) is 0 Å². The third-order valence-electron chi connectivity index (χ3n) is 4.10. The number of imidazole rings is 1. The van der Waals surface area contributed by atoms with E-state index < -0.39 is 0 Å². The number of guanidine groups is 1. The van der Waals surface area contributed by atoms with Crippen molar-refractivity contribution in [3.05, 3.63) is 84.4 Å². The third kappa shape index (κ3) is 5.08. The Hall–Kier alpha value is -2.35. The van der Waals surface area contributed by atoms with Crippen LogP contribution in [0.15, 0.2) is 78.3 Å². The van der Waals surface area contributed by atoms with Crippen molar-refractivity contribution in [1.29, 1.82) is 0 Å². The molecule has 3 aromatic rings. The molecule has 0 spiro atoms. The zero-order valence-electron chi connectivity index (χ0n) is 15.0. The van der Waals surface area contributed by atoms with E-state index in [1.807, 2.05) is 47.4 Å². The number of nitrogens with one attached hydrogen (secondary N) is 2. The number of benzene rings is 2. The van der Waals surface area contributed by atoms with Crippen LogP contribution in [0, 0.1) is 0 Å². The van der Waals surface area contributed by atoms with E-state index in [0.717, 1.165) is 11.6 Å². The highest BCUT2D eigenvalue weighted by atomic mass is 127. The molecule has 6 heteroatoms. The second-order valence-corrected chi connectivity index (χ2v) is 5.80. The van der Waals surface area contributed by atoms with Gasteiger partial charge in [-0.3, -0.25) is 4.99 Å². The summed E-state index contributed by atoms with van der Waals surface area (Å²) < 4.78 is 2.01. The Morgan fingerprint density at radius 2 is 1.85 bits per heavy atom. The van der Waals surface area contributed by atoms with Gasteiger partial charge in [0, 0.05) is 26.0 Å². The van der Waals surface area contributed by atoms with Crippen molar-refractivity contribution in [2.24, 2.45) is 4.99 Å². The second kappa shape index (κ2) is 9.96. The van der Waals surface area contributed by atoms with Crippen LogP contribution in [0.4, 0.5) is 0 Å². The Bertz CT molecular complexity index is 815. The molecule has 136 valence electrons. The minimum absolute atomic E-state index is 0. The van der Waals surface area contributed by atoms with Gasteiger partial charge in [0.2, 0.25) is 0 Å². The van der Waals surface area contributed by atoms with Gasteiger partial charge < -0.3 is 15.2 Å². The summed E-state index contributed by atoms with van der Waals surface area (Å²) in [5.74, 6) is 0.775. The molecule has 0 bridgehead atoms. The van der Waals surface area contributed by atoms with E-state index in [9.17, 15) is 0 Å². The van der Waals surface area contributed by atoms with Crippen molar-refractivity contribution in [1.82, 2.24) is 20.2 Å². The zero-order chi connectivity index (χ0) is 17.5. The first kappa shape index (κ1) is 20.0. The normalized spacial score (nSPS) is 12.2. The van der Waals surface area contributed by atoms with Gasteiger partial charge in [-0.05, 0) is 24.1 Å². The molecule has 0 aliphatic heterocycles. The summed E-state index contributed by atoms with van der Waals surface area (Å²) in [4.78, 5) is 8.47.